The molecule has 1 amide bonds. The predicted octanol–water partition coefficient (Wildman–Crippen LogP) is 0.599. The minimum atomic E-state index is -1.15. The first kappa shape index (κ1) is 15.2. The first-order valence-corrected chi connectivity index (χ1v) is 7.42. The van der Waals surface area contributed by atoms with E-state index in [0.29, 0.717) is 29.3 Å². The molecular weight excluding hydrogens is 298 g/mol. The van der Waals surface area contributed by atoms with Gasteiger partial charge in [-0.2, -0.15) is 5.10 Å². The van der Waals surface area contributed by atoms with E-state index in [1.54, 1.807) is 24.3 Å². The Labute approximate surface area is 131 Å². The maximum Gasteiger partial charge on any atom is 0.329 e. The number of hydrogen-bond acceptors (Lipinski definition) is 4. The molecule has 0 aliphatic heterocycles. The molecule has 1 aliphatic rings. The summed E-state index contributed by atoms with van der Waals surface area (Å²) >= 11 is 0. The van der Waals surface area contributed by atoms with Gasteiger partial charge in [0.15, 0.2) is 0 Å². The Morgan fingerprint density at radius 2 is 1.96 bits per heavy atom. The molecule has 0 atom stereocenters. The first-order valence-electron chi connectivity index (χ1n) is 7.42. The summed E-state index contributed by atoms with van der Waals surface area (Å²) in [5.41, 5.74) is -0.918. The van der Waals surface area contributed by atoms with Crippen molar-refractivity contribution >= 4 is 22.6 Å². The van der Waals surface area contributed by atoms with Gasteiger partial charge in [-0.05, 0) is 25.3 Å². The molecule has 0 unspecified atom stereocenters. The van der Waals surface area contributed by atoms with Crippen LogP contribution in [-0.4, -0.2) is 32.3 Å². The van der Waals surface area contributed by atoms with E-state index in [0.717, 1.165) is 6.42 Å². The molecule has 3 rings (SSSR count). The molecule has 0 radical (unpaired) electrons. The summed E-state index contributed by atoms with van der Waals surface area (Å²) in [4.78, 5) is 35.7. The number of rotatable bonds is 4. The van der Waals surface area contributed by atoms with Crippen molar-refractivity contribution in [3.63, 3.8) is 0 Å². The number of hydrogen-bond donors (Lipinski definition) is 2. The van der Waals surface area contributed by atoms with Gasteiger partial charge in [-0.25, -0.2) is 9.48 Å². The summed E-state index contributed by atoms with van der Waals surface area (Å²) in [5, 5.41) is 17.1. The lowest BCUT2D eigenvalue weighted by molar-refractivity contribution is -0.151. The molecule has 1 aliphatic carbocycles. The van der Waals surface area contributed by atoms with Crippen molar-refractivity contribution in [2.24, 2.45) is 7.05 Å². The van der Waals surface area contributed by atoms with E-state index in [2.05, 4.69) is 10.4 Å². The normalized spacial score (nSPS) is 15.9. The minimum Gasteiger partial charge on any atom is -0.480 e. The van der Waals surface area contributed by atoms with Crippen molar-refractivity contribution in [3.8, 4) is 0 Å². The Morgan fingerprint density at radius 3 is 2.52 bits per heavy atom. The van der Waals surface area contributed by atoms with Crippen LogP contribution in [0.15, 0.2) is 29.1 Å². The third kappa shape index (κ3) is 2.58. The molecule has 7 nitrogen and oxygen atoms in total. The van der Waals surface area contributed by atoms with E-state index < -0.39 is 17.4 Å². The van der Waals surface area contributed by atoms with Crippen LogP contribution in [0.3, 0.4) is 0 Å². The average Bonchev–Trinajstić information content (AvgIpc) is 2.48. The fourth-order valence-electron chi connectivity index (χ4n) is 2.89. The quantitative estimate of drug-likeness (QED) is 0.860. The molecule has 1 fully saturated rings. The maximum atomic E-state index is 12.3. The topological polar surface area (TPSA) is 101 Å². The van der Waals surface area contributed by atoms with E-state index in [9.17, 15) is 19.5 Å². The van der Waals surface area contributed by atoms with Crippen molar-refractivity contribution in [3.05, 3.63) is 40.3 Å². The van der Waals surface area contributed by atoms with Crippen molar-refractivity contribution < 1.29 is 14.7 Å². The average molecular weight is 315 g/mol. The van der Waals surface area contributed by atoms with Gasteiger partial charge in [0.1, 0.15) is 5.54 Å². The Bertz CT molecular complexity index is 852. The number of fused-ring (bicyclic) bond motifs is 1. The standard InChI is InChI=1S/C16H17N3O4/c1-19-14(21)11-6-3-2-5-10(11)12(18-19)9-13(20)17-16(15(22)23)7-4-8-16/h2-3,5-6H,4,7-9H2,1H3,(H,17,20)(H,22,23). The second kappa shape index (κ2) is 5.49. The van der Waals surface area contributed by atoms with Crippen LogP contribution in [-0.2, 0) is 23.1 Å². The van der Waals surface area contributed by atoms with Crippen LogP contribution >= 0.6 is 0 Å². The highest BCUT2D eigenvalue weighted by Gasteiger charge is 2.45. The minimum absolute atomic E-state index is 0.0658. The monoisotopic (exact) mass is 315 g/mol. The fraction of sp³-hybridized carbons (Fsp3) is 0.375. The number of amides is 1. The number of carboxylic acid groups (broad SMARTS) is 1. The zero-order valence-corrected chi connectivity index (χ0v) is 12.7. The van der Waals surface area contributed by atoms with Crippen molar-refractivity contribution in [1.82, 2.24) is 15.1 Å². The molecule has 7 heteroatoms. The third-order valence-electron chi connectivity index (χ3n) is 4.36. The van der Waals surface area contributed by atoms with Gasteiger partial charge in [0.25, 0.3) is 5.56 Å². The zero-order valence-electron chi connectivity index (χ0n) is 12.7. The summed E-state index contributed by atoms with van der Waals surface area (Å²) in [6, 6.07) is 6.95. The maximum absolute atomic E-state index is 12.3. The molecule has 1 aromatic heterocycles. The SMILES string of the molecule is Cn1nc(CC(=O)NC2(C(=O)O)CCC2)c2ccccc2c1=O. The van der Waals surface area contributed by atoms with Crippen LogP contribution in [0, 0.1) is 0 Å². The van der Waals surface area contributed by atoms with Gasteiger partial charge in [0.05, 0.1) is 17.5 Å². The van der Waals surface area contributed by atoms with Gasteiger partial charge in [0.2, 0.25) is 5.91 Å². The number of nitrogens with one attached hydrogen (secondary N) is 1. The molecule has 2 N–H and O–H groups in total. The van der Waals surface area contributed by atoms with E-state index in [4.69, 9.17) is 0 Å². The molecule has 1 saturated carbocycles. The number of carboxylic acids is 1. The largest absolute Gasteiger partial charge is 0.480 e. The molecule has 0 saturated heterocycles. The Kier molecular flexibility index (Phi) is 3.63. The summed E-state index contributed by atoms with van der Waals surface area (Å²) in [6.45, 7) is 0. The highest BCUT2D eigenvalue weighted by Crippen LogP contribution is 2.32. The van der Waals surface area contributed by atoms with Crippen molar-refractivity contribution in [2.75, 3.05) is 0 Å². The van der Waals surface area contributed by atoms with E-state index in [1.807, 2.05) is 0 Å². The molecule has 0 bridgehead atoms. The van der Waals surface area contributed by atoms with Crippen molar-refractivity contribution in [1.29, 1.82) is 0 Å². The van der Waals surface area contributed by atoms with Crippen LogP contribution in [0.2, 0.25) is 0 Å². The number of aliphatic carboxylic acids is 1. The summed E-state index contributed by atoms with van der Waals surface area (Å²) in [5.74, 6) is -1.40. The molecule has 2 aromatic rings. The summed E-state index contributed by atoms with van der Waals surface area (Å²) < 4.78 is 1.20. The number of carbonyl (C=O) groups is 2. The van der Waals surface area contributed by atoms with Gasteiger partial charge >= 0.3 is 5.97 Å². The molecular formula is C16H17N3O4. The number of aromatic nitrogens is 2. The van der Waals surface area contributed by atoms with Gasteiger partial charge in [0, 0.05) is 12.4 Å². The summed E-state index contributed by atoms with van der Waals surface area (Å²) in [6.07, 6.45) is 1.60. The molecule has 0 spiro atoms. The van der Waals surface area contributed by atoms with Gasteiger partial charge in [-0.3, -0.25) is 9.59 Å². The van der Waals surface area contributed by atoms with Crippen LogP contribution in [0.4, 0.5) is 0 Å². The number of aryl methyl sites for hydroxylation is 1. The van der Waals surface area contributed by atoms with Crippen molar-refractivity contribution in [2.45, 2.75) is 31.2 Å². The molecule has 1 heterocycles. The fourth-order valence-corrected chi connectivity index (χ4v) is 2.89. The van der Waals surface area contributed by atoms with Gasteiger partial charge < -0.3 is 10.4 Å². The predicted molar refractivity (Wildman–Crippen MR) is 83.0 cm³/mol. The van der Waals surface area contributed by atoms with Gasteiger partial charge in [-0.15, -0.1) is 0 Å². The third-order valence-corrected chi connectivity index (χ3v) is 4.36. The second-order valence-electron chi connectivity index (χ2n) is 5.89. The second-order valence-corrected chi connectivity index (χ2v) is 5.89. The number of benzene rings is 1. The zero-order chi connectivity index (χ0) is 16.6. The first-order chi connectivity index (χ1) is 10.9. The highest BCUT2D eigenvalue weighted by molar-refractivity contribution is 5.91. The molecule has 120 valence electrons. The van der Waals surface area contributed by atoms with Crippen LogP contribution < -0.4 is 10.9 Å². The molecule has 1 aromatic carbocycles. The van der Waals surface area contributed by atoms with Crippen LogP contribution in [0.5, 0.6) is 0 Å². The summed E-state index contributed by atoms with van der Waals surface area (Å²) in [7, 11) is 1.53. The lowest BCUT2D eigenvalue weighted by Gasteiger charge is -2.38. The van der Waals surface area contributed by atoms with E-state index >= 15 is 0 Å². The Hall–Kier alpha value is -2.70. The van der Waals surface area contributed by atoms with E-state index in [-0.39, 0.29) is 12.0 Å². The van der Waals surface area contributed by atoms with Crippen LogP contribution in [0.1, 0.15) is 25.0 Å². The molecule has 23 heavy (non-hydrogen) atoms. The lowest BCUT2D eigenvalue weighted by Crippen LogP contribution is -2.59. The Morgan fingerprint density at radius 1 is 1.30 bits per heavy atom. The number of nitrogens with zero attached hydrogens (tertiary/aromatic N) is 2. The highest BCUT2D eigenvalue weighted by atomic mass is 16.4. The smallest absolute Gasteiger partial charge is 0.329 e. The lowest BCUT2D eigenvalue weighted by atomic mass is 9.76. The van der Waals surface area contributed by atoms with Gasteiger partial charge in [-0.1, -0.05) is 18.2 Å². The van der Waals surface area contributed by atoms with E-state index in [1.165, 1.54) is 11.7 Å². The van der Waals surface area contributed by atoms with Crippen LogP contribution in [0.25, 0.3) is 10.8 Å². The number of carbonyl (C=O) groups excluding carboxylic acids is 1. The Balaban J connectivity index is 1.90.